The van der Waals surface area contributed by atoms with Crippen LogP contribution in [0.4, 0.5) is 0 Å². The first kappa shape index (κ1) is 12.0. The van der Waals surface area contributed by atoms with Gasteiger partial charge in [-0.2, -0.15) is 0 Å². The summed E-state index contributed by atoms with van der Waals surface area (Å²) in [6.45, 7) is 0. The zero-order chi connectivity index (χ0) is 12.1. The summed E-state index contributed by atoms with van der Waals surface area (Å²) in [7, 11) is 1.53. The standard InChI is InChI=1S/C11H13NO4/c1-16-8-4-2-7(3-5-8)9(11(12)15)6-10(13)14/h2-5,9H,6H2,1H3,(H2,12,15)(H,13,14)/t9-/m0/s1. The van der Waals surface area contributed by atoms with E-state index in [1.807, 2.05) is 0 Å². The van der Waals surface area contributed by atoms with Gasteiger partial charge in [0, 0.05) is 0 Å². The summed E-state index contributed by atoms with van der Waals surface area (Å²) in [4.78, 5) is 21.7. The topological polar surface area (TPSA) is 89.6 Å². The predicted molar refractivity (Wildman–Crippen MR) is 57.2 cm³/mol. The van der Waals surface area contributed by atoms with E-state index in [0.717, 1.165) is 0 Å². The fourth-order valence-electron chi connectivity index (χ4n) is 1.39. The van der Waals surface area contributed by atoms with Crippen molar-refractivity contribution in [2.75, 3.05) is 7.11 Å². The molecular weight excluding hydrogens is 210 g/mol. The van der Waals surface area contributed by atoms with Crippen LogP contribution in [0.15, 0.2) is 24.3 Å². The molecule has 1 aromatic rings. The first-order valence-electron chi connectivity index (χ1n) is 4.69. The Morgan fingerprint density at radius 2 is 1.94 bits per heavy atom. The summed E-state index contributed by atoms with van der Waals surface area (Å²) in [5, 5.41) is 8.66. The lowest BCUT2D eigenvalue weighted by atomic mass is 9.95. The lowest BCUT2D eigenvalue weighted by molar-refractivity contribution is -0.139. The van der Waals surface area contributed by atoms with Crippen molar-refractivity contribution in [2.45, 2.75) is 12.3 Å². The van der Waals surface area contributed by atoms with Gasteiger partial charge in [0.2, 0.25) is 5.91 Å². The van der Waals surface area contributed by atoms with Crippen molar-refractivity contribution >= 4 is 11.9 Å². The molecule has 5 nitrogen and oxygen atoms in total. The van der Waals surface area contributed by atoms with Crippen molar-refractivity contribution in [3.8, 4) is 5.75 Å². The van der Waals surface area contributed by atoms with Crippen LogP contribution >= 0.6 is 0 Å². The Morgan fingerprint density at radius 1 is 1.38 bits per heavy atom. The fraction of sp³-hybridized carbons (Fsp3) is 0.273. The maximum atomic E-state index is 11.1. The van der Waals surface area contributed by atoms with Gasteiger partial charge in [-0.25, -0.2) is 0 Å². The zero-order valence-electron chi connectivity index (χ0n) is 8.84. The van der Waals surface area contributed by atoms with Gasteiger partial charge in [0.15, 0.2) is 0 Å². The number of amides is 1. The van der Waals surface area contributed by atoms with E-state index in [0.29, 0.717) is 11.3 Å². The van der Waals surface area contributed by atoms with E-state index in [1.165, 1.54) is 7.11 Å². The number of carboxylic acids is 1. The fourth-order valence-corrected chi connectivity index (χ4v) is 1.39. The molecule has 0 unspecified atom stereocenters. The molecule has 0 spiro atoms. The van der Waals surface area contributed by atoms with Gasteiger partial charge in [0.1, 0.15) is 5.75 Å². The summed E-state index contributed by atoms with van der Waals surface area (Å²) in [5.41, 5.74) is 5.73. The SMILES string of the molecule is COc1ccc([C@H](CC(=O)O)C(N)=O)cc1. The van der Waals surface area contributed by atoms with Crippen LogP contribution in [0.2, 0.25) is 0 Å². The third-order valence-electron chi connectivity index (χ3n) is 2.24. The summed E-state index contributed by atoms with van der Waals surface area (Å²) < 4.78 is 4.96. The molecule has 0 radical (unpaired) electrons. The van der Waals surface area contributed by atoms with Crippen LogP contribution < -0.4 is 10.5 Å². The number of benzene rings is 1. The molecule has 0 bridgehead atoms. The average molecular weight is 223 g/mol. The Kier molecular flexibility index (Phi) is 3.88. The lowest BCUT2D eigenvalue weighted by Gasteiger charge is -2.11. The molecule has 0 aliphatic carbocycles. The monoisotopic (exact) mass is 223 g/mol. The van der Waals surface area contributed by atoms with Crippen LogP contribution in [0.25, 0.3) is 0 Å². The number of carbonyl (C=O) groups excluding carboxylic acids is 1. The molecule has 5 heteroatoms. The highest BCUT2D eigenvalue weighted by Gasteiger charge is 2.21. The van der Waals surface area contributed by atoms with Gasteiger partial charge in [-0.05, 0) is 17.7 Å². The van der Waals surface area contributed by atoms with E-state index >= 15 is 0 Å². The molecule has 0 aromatic heterocycles. The number of primary amides is 1. The molecule has 0 aliphatic heterocycles. The highest BCUT2D eigenvalue weighted by molar-refractivity contribution is 5.86. The number of hydrogen-bond acceptors (Lipinski definition) is 3. The summed E-state index contributed by atoms with van der Waals surface area (Å²) >= 11 is 0. The van der Waals surface area contributed by atoms with Gasteiger partial charge in [-0.1, -0.05) is 12.1 Å². The molecule has 16 heavy (non-hydrogen) atoms. The molecule has 0 saturated carbocycles. The number of methoxy groups -OCH3 is 1. The van der Waals surface area contributed by atoms with Crippen LogP contribution in [0.5, 0.6) is 5.75 Å². The van der Waals surface area contributed by atoms with Crippen LogP contribution in [0.3, 0.4) is 0 Å². The summed E-state index contributed by atoms with van der Waals surface area (Å²) in [5.74, 6) is -1.86. The van der Waals surface area contributed by atoms with Gasteiger partial charge in [0.05, 0.1) is 19.4 Å². The number of rotatable bonds is 5. The smallest absolute Gasteiger partial charge is 0.304 e. The van der Waals surface area contributed by atoms with E-state index in [4.69, 9.17) is 15.6 Å². The molecule has 1 amide bonds. The van der Waals surface area contributed by atoms with Crippen molar-refractivity contribution in [1.82, 2.24) is 0 Å². The second-order valence-corrected chi connectivity index (χ2v) is 3.33. The van der Waals surface area contributed by atoms with Gasteiger partial charge >= 0.3 is 5.97 Å². The zero-order valence-corrected chi connectivity index (χ0v) is 8.84. The van der Waals surface area contributed by atoms with E-state index < -0.39 is 17.8 Å². The summed E-state index contributed by atoms with van der Waals surface area (Å²) in [6, 6.07) is 6.59. The van der Waals surface area contributed by atoms with Crippen LogP contribution in [0.1, 0.15) is 17.9 Å². The number of carbonyl (C=O) groups is 2. The molecule has 0 heterocycles. The number of carboxylic acid groups (broad SMARTS) is 1. The molecule has 1 aromatic carbocycles. The van der Waals surface area contributed by atoms with E-state index in [2.05, 4.69) is 0 Å². The Balaban J connectivity index is 2.92. The second kappa shape index (κ2) is 5.16. The Morgan fingerprint density at radius 3 is 2.31 bits per heavy atom. The molecule has 0 aliphatic rings. The summed E-state index contributed by atoms with van der Waals surface area (Å²) in [6.07, 6.45) is -0.304. The lowest BCUT2D eigenvalue weighted by Crippen LogP contribution is -2.23. The number of hydrogen-bond donors (Lipinski definition) is 2. The third-order valence-corrected chi connectivity index (χ3v) is 2.24. The Labute approximate surface area is 92.8 Å². The molecule has 1 rings (SSSR count). The largest absolute Gasteiger partial charge is 0.497 e. The van der Waals surface area contributed by atoms with E-state index in [9.17, 15) is 9.59 Å². The third kappa shape index (κ3) is 2.98. The normalized spacial score (nSPS) is 11.8. The van der Waals surface area contributed by atoms with Crippen molar-refractivity contribution < 1.29 is 19.4 Å². The van der Waals surface area contributed by atoms with Gasteiger partial charge < -0.3 is 15.6 Å². The van der Waals surface area contributed by atoms with Gasteiger partial charge in [0.25, 0.3) is 0 Å². The first-order valence-corrected chi connectivity index (χ1v) is 4.69. The van der Waals surface area contributed by atoms with Crippen LogP contribution in [-0.2, 0) is 9.59 Å². The Hall–Kier alpha value is -2.04. The predicted octanol–water partition coefficient (Wildman–Crippen LogP) is 0.739. The molecule has 1 atom stereocenters. The van der Waals surface area contributed by atoms with Crippen LogP contribution in [0, 0.1) is 0 Å². The quantitative estimate of drug-likeness (QED) is 0.770. The van der Waals surface area contributed by atoms with Crippen LogP contribution in [-0.4, -0.2) is 24.1 Å². The maximum absolute atomic E-state index is 11.1. The molecule has 0 fully saturated rings. The highest BCUT2D eigenvalue weighted by atomic mass is 16.5. The molecule has 0 saturated heterocycles. The molecular formula is C11H13NO4. The Bertz CT molecular complexity index is 385. The van der Waals surface area contributed by atoms with Gasteiger partial charge in [-0.3, -0.25) is 9.59 Å². The molecule has 86 valence electrons. The minimum atomic E-state index is -1.06. The minimum Gasteiger partial charge on any atom is -0.497 e. The van der Waals surface area contributed by atoms with Crippen molar-refractivity contribution in [3.63, 3.8) is 0 Å². The minimum absolute atomic E-state index is 0.304. The van der Waals surface area contributed by atoms with Gasteiger partial charge in [-0.15, -0.1) is 0 Å². The van der Waals surface area contributed by atoms with Crippen molar-refractivity contribution in [2.24, 2.45) is 5.73 Å². The van der Waals surface area contributed by atoms with Crippen molar-refractivity contribution in [1.29, 1.82) is 0 Å². The molecule has 3 N–H and O–H groups in total. The second-order valence-electron chi connectivity index (χ2n) is 3.33. The van der Waals surface area contributed by atoms with E-state index in [-0.39, 0.29) is 6.42 Å². The van der Waals surface area contributed by atoms with Crippen molar-refractivity contribution in [3.05, 3.63) is 29.8 Å². The number of ether oxygens (including phenoxy) is 1. The maximum Gasteiger partial charge on any atom is 0.304 e. The average Bonchev–Trinajstić information content (AvgIpc) is 2.25. The van der Waals surface area contributed by atoms with E-state index in [1.54, 1.807) is 24.3 Å². The highest BCUT2D eigenvalue weighted by Crippen LogP contribution is 2.22. The number of aliphatic carboxylic acids is 1. The number of nitrogens with two attached hydrogens (primary N) is 1. The first-order chi connectivity index (χ1) is 7.54.